The molecular weight excluding hydrogens is 326 g/mol. The number of alkyl halides is 2. The quantitative estimate of drug-likeness (QED) is 0.838. The Kier molecular flexibility index (Phi) is 5.25. The number of aliphatic hydroxyl groups excluding tert-OH is 1. The number of hydrogen-bond donors (Lipinski definition) is 1. The van der Waals surface area contributed by atoms with Crippen molar-refractivity contribution in [3.63, 3.8) is 0 Å². The molecule has 19 heavy (non-hydrogen) atoms. The minimum absolute atomic E-state index is 0.120. The van der Waals surface area contributed by atoms with Gasteiger partial charge in [0, 0.05) is 0 Å². The van der Waals surface area contributed by atoms with Crippen molar-refractivity contribution in [3.05, 3.63) is 28.2 Å². The highest BCUT2D eigenvalue weighted by Crippen LogP contribution is 2.35. The SMILES string of the molecule is CCOC(=O)C(F)(F)C(O)c1ccc(OC)c(Br)c1. The van der Waals surface area contributed by atoms with Gasteiger partial charge in [-0.3, -0.25) is 0 Å². The second kappa shape index (κ2) is 6.29. The third kappa shape index (κ3) is 3.42. The molecule has 7 heteroatoms. The summed E-state index contributed by atoms with van der Waals surface area (Å²) in [6.45, 7) is 1.22. The number of carbonyl (C=O) groups excluding carboxylic acids is 1. The summed E-state index contributed by atoms with van der Waals surface area (Å²) in [7, 11) is 1.42. The molecule has 0 saturated carbocycles. The number of esters is 1. The van der Waals surface area contributed by atoms with Crippen LogP contribution in [0.1, 0.15) is 18.6 Å². The first-order chi connectivity index (χ1) is 8.84. The first kappa shape index (κ1) is 15.8. The van der Waals surface area contributed by atoms with Crippen molar-refractivity contribution in [3.8, 4) is 5.75 Å². The normalized spacial score (nSPS) is 12.9. The molecule has 0 amide bonds. The van der Waals surface area contributed by atoms with Crippen LogP contribution in [-0.4, -0.2) is 30.7 Å². The number of hydrogen-bond acceptors (Lipinski definition) is 4. The Morgan fingerprint density at radius 2 is 2.16 bits per heavy atom. The minimum atomic E-state index is -4.01. The van der Waals surface area contributed by atoms with Crippen molar-refractivity contribution >= 4 is 21.9 Å². The van der Waals surface area contributed by atoms with Crippen LogP contribution in [-0.2, 0) is 9.53 Å². The van der Waals surface area contributed by atoms with Gasteiger partial charge >= 0.3 is 11.9 Å². The van der Waals surface area contributed by atoms with Gasteiger partial charge in [0.2, 0.25) is 0 Å². The van der Waals surface area contributed by atoms with Gasteiger partial charge in [0.15, 0.2) is 6.10 Å². The van der Waals surface area contributed by atoms with Gasteiger partial charge in [0.1, 0.15) is 5.75 Å². The van der Waals surface area contributed by atoms with Crippen LogP contribution in [0.2, 0.25) is 0 Å². The molecule has 0 aliphatic heterocycles. The molecule has 1 aromatic carbocycles. The Balaban J connectivity index is 3.02. The summed E-state index contributed by atoms with van der Waals surface area (Å²) in [5.41, 5.74) is -0.120. The van der Waals surface area contributed by atoms with E-state index in [4.69, 9.17) is 4.74 Å². The average molecular weight is 339 g/mol. The molecule has 1 unspecified atom stereocenters. The van der Waals surface area contributed by atoms with Crippen LogP contribution in [0.3, 0.4) is 0 Å². The van der Waals surface area contributed by atoms with E-state index in [2.05, 4.69) is 20.7 Å². The highest BCUT2D eigenvalue weighted by Gasteiger charge is 2.49. The molecule has 106 valence electrons. The number of halogens is 3. The predicted molar refractivity (Wildman–Crippen MR) is 67.2 cm³/mol. The summed E-state index contributed by atoms with van der Waals surface area (Å²) in [6, 6.07) is 3.92. The average Bonchev–Trinajstić information content (AvgIpc) is 2.37. The molecule has 1 rings (SSSR count). The van der Waals surface area contributed by atoms with Crippen molar-refractivity contribution in [1.29, 1.82) is 0 Å². The number of rotatable bonds is 5. The van der Waals surface area contributed by atoms with Gasteiger partial charge in [-0.05, 0) is 40.5 Å². The smallest absolute Gasteiger partial charge is 0.380 e. The fraction of sp³-hybridized carbons (Fsp3) is 0.417. The van der Waals surface area contributed by atoms with Gasteiger partial charge in [-0.25, -0.2) is 4.79 Å². The van der Waals surface area contributed by atoms with Gasteiger partial charge in [-0.1, -0.05) is 6.07 Å². The second-order valence-electron chi connectivity index (χ2n) is 3.64. The number of aliphatic hydroxyl groups is 1. The van der Waals surface area contributed by atoms with Crippen LogP contribution >= 0.6 is 15.9 Å². The van der Waals surface area contributed by atoms with Crippen LogP contribution in [0.4, 0.5) is 8.78 Å². The lowest BCUT2D eigenvalue weighted by Crippen LogP contribution is -2.37. The van der Waals surface area contributed by atoms with Crippen molar-refractivity contribution < 1.29 is 28.2 Å². The second-order valence-corrected chi connectivity index (χ2v) is 4.49. The van der Waals surface area contributed by atoms with E-state index in [1.54, 1.807) is 0 Å². The van der Waals surface area contributed by atoms with E-state index in [1.807, 2.05) is 0 Å². The zero-order valence-electron chi connectivity index (χ0n) is 10.3. The molecule has 1 atom stereocenters. The molecule has 0 aromatic heterocycles. The van der Waals surface area contributed by atoms with E-state index >= 15 is 0 Å². The first-order valence-electron chi connectivity index (χ1n) is 5.41. The van der Waals surface area contributed by atoms with E-state index in [0.717, 1.165) is 0 Å². The molecule has 1 N–H and O–H groups in total. The zero-order valence-corrected chi connectivity index (χ0v) is 11.9. The summed E-state index contributed by atoms with van der Waals surface area (Å²) in [6.07, 6.45) is -2.28. The summed E-state index contributed by atoms with van der Waals surface area (Å²) in [5.74, 6) is -5.34. The van der Waals surface area contributed by atoms with Crippen molar-refractivity contribution in [2.75, 3.05) is 13.7 Å². The summed E-state index contributed by atoms with van der Waals surface area (Å²) >= 11 is 3.11. The predicted octanol–water partition coefficient (Wildman–Crippen LogP) is 2.69. The van der Waals surface area contributed by atoms with Crippen LogP contribution < -0.4 is 4.74 Å². The molecular formula is C12H13BrF2O4. The molecule has 0 spiro atoms. The largest absolute Gasteiger partial charge is 0.496 e. The van der Waals surface area contributed by atoms with Crippen LogP contribution in [0.15, 0.2) is 22.7 Å². The van der Waals surface area contributed by atoms with Crippen LogP contribution in [0.25, 0.3) is 0 Å². The van der Waals surface area contributed by atoms with Gasteiger partial charge in [-0.2, -0.15) is 8.78 Å². The molecule has 0 aliphatic carbocycles. The third-order valence-corrected chi connectivity index (χ3v) is 3.00. The van der Waals surface area contributed by atoms with Gasteiger partial charge in [0.05, 0.1) is 18.2 Å². The third-order valence-electron chi connectivity index (χ3n) is 2.38. The fourth-order valence-corrected chi connectivity index (χ4v) is 1.96. The van der Waals surface area contributed by atoms with Crippen molar-refractivity contribution in [1.82, 2.24) is 0 Å². The molecule has 0 bridgehead atoms. The molecule has 1 aromatic rings. The molecule has 0 heterocycles. The van der Waals surface area contributed by atoms with Crippen LogP contribution in [0, 0.1) is 0 Å². The Labute approximate surface area is 117 Å². The van der Waals surface area contributed by atoms with Gasteiger partial charge in [0.25, 0.3) is 0 Å². The lowest BCUT2D eigenvalue weighted by Gasteiger charge is -2.21. The molecule has 4 nitrogen and oxygen atoms in total. The monoisotopic (exact) mass is 338 g/mol. The number of methoxy groups -OCH3 is 1. The maximum absolute atomic E-state index is 13.6. The van der Waals surface area contributed by atoms with E-state index in [0.29, 0.717) is 10.2 Å². The first-order valence-corrected chi connectivity index (χ1v) is 6.20. The summed E-state index contributed by atoms with van der Waals surface area (Å²) in [4.78, 5) is 11.1. The number of ether oxygens (including phenoxy) is 2. The summed E-state index contributed by atoms with van der Waals surface area (Å²) < 4.78 is 36.8. The number of carbonyl (C=O) groups is 1. The molecule has 0 radical (unpaired) electrons. The molecule has 0 saturated heterocycles. The Bertz CT molecular complexity index is 465. The van der Waals surface area contributed by atoms with Gasteiger partial charge in [-0.15, -0.1) is 0 Å². The molecule has 0 fully saturated rings. The van der Waals surface area contributed by atoms with Gasteiger partial charge < -0.3 is 14.6 Å². The maximum Gasteiger partial charge on any atom is 0.380 e. The highest BCUT2D eigenvalue weighted by molar-refractivity contribution is 9.10. The Morgan fingerprint density at radius 1 is 1.53 bits per heavy atom. The van der Waals surface area contributed by atoms with E-state index in [1.165, 1.54) is 32.2 Å². The van der Waals surface area contributed by atoms with Crippen molar-refractivity contribution in [2.45, 2.75) is 19.0 Å². The van der Waals surface area contributed by atoms with E-state index < -0.39 is 18.0 Å². The molecule has 0 aliphatic rings. The van der Waals surface area contributed by atoms with Crippen LogP contribution in [0.5, 0.6) is 5.75 Å². The van der Waals surface area contributed by atoms with E-state index in [9.17, 15) is 18.7 Å². The topological polar surface area (TPSA) is 55.8 Å². The maximum atomic E-state index is 13.6. The Morgan fingerprint density at radius 3 is 2.63 bits per heavy atom. The fourth-order valence-electron chi connectivity index (χ4n) is 1.40. The lowest BCUT2D eigenvalue weighted by molar-refractivity contribution is -0.189. The lowest BCUT2D eigenvalue weighted by atomic mass is 10.0. The van der Waals surface area contributed by atoms with Crippen molar-refractivity contribution in [2.24, 2.45) is 0 Å². The van der Waals surface area contributed by atoms with E-state index in [-0.39, 0.29) is 12.2 Å². The summed E-state index contributed by atoms with van der Waals surface area (Å²) in [5, 5.41) is 9.62. The Hall–Kier alpha value is -1.21. The highest BCUT2D eigenvalue weighted by atomic mass is 79.9. The standard InChI is InChI=1S/C12H13BrF2O4/c1-3-19-11(17)12(14,15)10(16)7-4-5-9(18-2)8(13)6-7/h4-6,10,16H,3H2,1-2H3. The zero-order chi connectivity index (χ0) is 14.6. The number of benzene rings is 1. The minimum Gasteiger partial charge on any atom is -0.496 e.